The molecule has 8 atom stereocenters. The minimum absolute atomic E-state index is 0.0710. The van der Waals surface area contributed by atoms with Crippen LogP contribution in [-0.4, -0.2) is 201 Å². The summed E-state index contributed by atoms with van der Waals surface area (Å²) >= 11 is 3.15. The Morgan fingerprint density at radius 2 is 1.21 bits per heavy atom. The zero-order valence-corrected chi connectivity index (χ0v) is 60.1. The number of methoxy groups -OCH3 is 1. The smallest absolute Gasteiger partial charge is 0.305 e. The van der Waals surface area contributed by atoms with E-state index in [0.29, 0.717) is 86.5 Å². The lowest BCUT2D eigenvalue weighted by Gasteiger charge is -2.36. The molecule has 0 aliphatic carbocycles. The first-order valence-electron chi connectivity index (χ1n) is 34.3. The topological polar surface area (TPSA) is 360 Å². The molecule has 12 N–H and O–H groups in total. The van der Waals surface area contributed by atoms with Crippen LogP contribution in [-0.2, 0) is 85.1 Å². The van der Waals surface area contributed by atoms with E-state index in [1.165, 1.54) is 80.1 Å². The van der Waals surface area contributed by atoms with Crippen molar-refractivity contribution in [2.24, 2.45) is 0 Å². The van der Waals surface area contributed by atoms with Gasteiger partial charge in [0.1, 0.15) is 71.0 Å². The van der Waals surface area contributed by atoms with E-state index in [0.717, 1.165) is 17.7 Å². The van der Waals surface area contributed by atoms with Crippen LogP contribution in [0, 0.1) is 11.6 Å². The summed E-state index contributed by atoms with van der Waals surface area (Å²) in [7, 11) is 7.60. The van der Waals surface area contributed by atoms with Crippen LogP contribution >= 0.6 is 23.5 Å². The molecule has 26 nitrogen and oxygen atoms in total. The first-order valence-corrected chi connectivity index (χ1v) is 36.6. The van der Waals surface area contributed by atoms with Gasteiger partial charge < -0.3 is 76.7 Å². The van der Waals surface area contributed by atoms with Crippen LogP contribution in [0.5, 0.6) is 5.75 Å². The number of quaternary nitrogens is 1. The number of carboxylic acid groups (broad SMARTS) is 1. The number of imidazole rings is 1. The Bertz CT molecular complexity index is 4170. The van der Waals surface area contributed by atoms with Crippen LogP contribution in [0.25, 0.3) is 21.8 Å². The fraction of sp³-hybridized carbons (Fsp3) is 0.438. The van der Waals surface area contributed by atoms with Gasteiger partial charge in [0.25, 0.3) is 0 Å². The van der Waals surface area contributed by atoms with Gasteiger partial charge in [-0.2, -0.15) is 23.5 Å². The molecule has 3 aromatic heterocycles. The number of hydrogen-bond donors (Lipinski definition) is 12. The summed E-state index contributed by atoms with van der Waals surface area (Å²) < 4.78 is 36.0. The van der Waals surface area contributed by atoms with Gasteiger partial charge in [0, 0.05) is 115 Å². The second-order valence-electron chi connectivity index (χ2n) is 27.3. The highest BCUT2D eigenvalue weighted by Crippen LogP contribution is 2.31. The van der Waals surface area contributed by atoms with E-state index in [9.17, 15) is 38.3 Å². The highest BCUT2D eigenvalue weighted by molar-refractivity contribution is 7.98. The van der Waals surface area contributed by atoms with Crippen LogP contribution in [0.3, 0.4) is 0 Å². The van der Waals surface area contributed by atoms with Gasteiger partial charge in [0.2, 0.25) is 53.2 Å². The third kappa shape index (κ3) is 21.9. The second-order valence-corrected chi connectivity index (χ2v) is 29.5. The molecular weight excluding hydrogens is 1370 g/mol. The molecule has 9 rings (SSSR count). The first kappa shape index (κ1) is 77.4. The summed E-state index contributed by atoms with van der Waals surface area (Å²) in [4.78, 5) is 160. The molecule has 5 heterocycles. The number of aromatic amines is 3. The standard InChI is InChI=1S/C73H90F2N14O12S2/c1-43-65(93)83-57(33-47-39-79-54-20-16-49(74)35-52(47)54)67(95)84-58(34-48-40-80-55-21-17-50(75)36-53(48)55)68(96)86-60(38-64(91)92)70(98)85-59(37-62-76-24-25-77-62)69(97)87-61(32-44-14-18-51(101-6)19-15-44)71(99)88-27-10-23-73(88,2)72(100)78-26-30-103-42-46-12-9-11-45(31-46)41-102-29-22-63(90)82-56(66(94)81-43)13-7-8-28-89(3,4)5/h9,11-12,14-21,24-25,31,35-36,39-40,43,56-61,79-80H,7-8,10,13,22-23,26-30,32-34,37-38,41-42H2,1-6H3,(H9-,76,77,78,81,82,83,84,85,86,87,90,91,92,93,94,95,96,97,98,100)/p+1/t43-,56+,57+,58+,59+,60+,61+,73+/m1/s1. The summed E-state index contributed by atoms with van der Waals surface area (Å²) in [6.45, 7) is 4.26. The number of halogens is 2. The summed E-state index contributed by atoms with van der Waals surface area (Å²) in [5.74, 6) is -7.27. The van der Waals surface area contributed by atoms with Crippen molar-refractivity contribution < 1.29 is 71.1 Å². The van der Waals surface area contributed by atoms with Crippen molar-refractivity contribution in [1.82, 2.24) is 67.4 Å². The number of hydrogen-bond acceptors (Lipinski definition) is 14. The maximum Gasteiger partial charge on any atom is 0.305 e. The molecule has 0 spiro atoms. The molecule has 7 aromatic rings. The van der Waals surface area contributed by atoms with E-state index >= 15 is 23.6 Å². The van der Waals surface area contributed by atoms with E-state index in [1.54, 1.807) is 54.7 Å². The van der Waals surface area contributed by atoms with Crippen LogP contribution < -0.4 is 47.3 Å². The lowest BCUT2D eigenvalue weighted by atomic mass is 9.95. The van der Waals surface area contributed by atoms with Crippen molar-refractivity contribution >= 4 is 104 Å². The Balaban J connectivity index is 1.06. The van der Waals surface area contributed by atoms with E-state index in [4.69, 9.17) is 4.74 Å². The predicted octanol–water partition coefficient (Wildman–Crippen LogP) is 4.76. The predicted molar refractivity (Wildman–Crippen MR) is 387 cm³/mol. The molecule has 9 amide bonds. The zero-order valence-electron chi connectivity index (χ0n) is 58.5. The van der Waals surface area contributed by atoms with Gasteiger partial charge in [-0.3, -0.25) is 47.9 Å². The van der Waals surface area contributed by atoms with Gasteiger partial charge in [-0.1, -0.05) is 36.4 Å². The number of carbonyl (C=O) groups is 10. The quantitative estimate of drug-likeness (QED) is 0.0458. The normalized spacial score (nSPS) is 22.7. The molecule has 550 valence electrons. The summed E-state index contributed by atoms with van der Waals surface area (Å²) in [5, 5.41) is 32.9. The third-order valence-corrected chi connectivity index (χ3v) is 20.3. The summed E-state index contributed by atoms with van der Waals surface area (Å²) in [6, 6.07) is 11.7. The Morgan fingerprint density at radius 3 is 1.80 bits per heavy atom. The maximum absolute atomic E-state index is 15.2. The Kier molecular flexibility index (Phi) is 26.9. The van der Waals surface area contributed by atoms with E-state index in [1.807, 2.05) is 39.3 Å². The number of aromatic nitrogens is 4. The van der Waals surface area contributed by atoms with Gasteiger partial charge in [0.05, 0.1) is 41.2 Å². The molecule has 103 heavy (non-hydrogen) atoms. The van der Waals surface area contributed by atoms with Gasteiger partial charge in [0.15, 0.2) is 0 Å². The van der Waals surface area contributed by atoms with Crippen molar-refractivity contribution in [3.05, 3.63) is 155 Å². The summed E-state index contributed by atoms with van der Waals surface area (Å²) in [5.41, 5.74) is 2.81. The number of thioether (sulfide) groups is 2. The lowest BCUT2D eigenvalue weighted by molar-refractivity contribution is -0.870. The molecule has 0 saturated carbocycles. The molecule has 2 aliphatic rings. The number of ether oxygens (including phenoxy) is 1. The average molecular weight is 1460 g/mol. The van der Waals surface area contributed by atoms with Gasteiger partial charge >= 0.3 is 5.97 Å². The minimum Gasteiger partial charge on any atom is -0.497 e. The zero-order chi connectivity index (χ0) is 74.0. The molecule has 1 saturated heterocycles. The molecular formula is C73H91F2N14O12S2+. The minimum atomic E-state index is -2.01. The van der Waals surface area contributed by atoms with E-state index in [-0.39, 0.29) is 67.9 Å². The largest absolute Gasteiger partial charge is 0.497 e. The fourth-order valence-electron chi connectivity index (χ4n) is 12.6. The number of nitrogens with zero attached hydrogens (tertiary/aromatic N) is 3. The van der Waals surface area contributed by atoms with Crippen molar-refractivity contribution in [3.63, 3.8) is 0 Å². The Morgan fingerprint density at radius 1 is 0.650 bits per heavy atom. The molecule has 2 bridgehead atoms. The lowest BCUT2D eigenvalue weighted by Crippen LogP contribution is -2.62. The monoisotopic (exact) mass is 1460 g/mol. The van der Waals surface area contributed by atoms with E-state index < -0.39 is 126 Å². The van der Waals surface area contributed by atoms with Crippen molar-refractivity contribution in [1.29, 1.82) is 0 Å². The number of carboxylic acids is 1. The second kappa shape index (κ2) is 35.9. The van der Waals surface area contributed by atoms with Crippen molar-refractivity contribution in [2.45, 2.75) is 144 Å². The number of H-pyrrole nitrogens is 3. The fourth-order valence-corrected chi connectivity index (χ4v) is 14.3. The molecule has 2 aliphatic heterocycles. The average Bonchev–Trinajstić information content (AvgIpc) is 1.68. The molecule has 1 fully saturated rings. The molecule has 4 aromatic carbocycles. The van der Waals surface area contributed by atoms with Crippen LogP contribution in [0.4, 0.5) is 8.78 Å². The Labute approximate surface area is 603 Å². The van der Waals surface area contributed by atoms with Crippen LogP contribution in [0.1, 0.15) is 92.4 Å². The van der Waals surface area contributed by atoms with Crippen molar-refractivity contribution in [3.8, 4) is 5.75 Å². The number of rotatable bonds is 16. The van der Waals surface area contributed by atoms with Gasteiger partial charge in [-0.05, 0) is 122 Å². The van der Waals surface area contributed by atoms with E-state index in [2.05, 4.69) is 68.5 Å². The number of carbonyl (C=O) groups excluding carboxylic acids is 9. The number of nitrogens with one attached hydrogen (secondary N) is 11. The highest BCUT2D eigenvalue weighted by atomic mass is 32.2. The number of benzene rings is 4. The highest BCUT2D eigenvalue weighted by Gasteiger charge is 2.48. The SMILES string of the molecule is COc1ccc(C[C@@H]2NC(=O)[C@H](Cc3ncc[nH]3)NC(=O)[C@H](CC(=O)O)NC(=O)[C@H](Cc3c[nH]c4ccc(F)cc34)NC(=O)[C@H](Cc3c[nH]c4ccc(F)cc34)NC(=O)[C@@H](C)NC(=O)[C@H](CCCC[N+](C)(C)C)NC(=O)CCSCc3cccc(c3)CSCCNC(=O)[C@]3(C)CCCN3C2=O)cc1. The molecule has 0 radical (unpaired) electrons. The van der Waals surface area contributed by atoms with Crippen LogP contribution in [0.15, 0.2) is 110 Å². The molecule has 30 heteroatoms. The third-order valence-electron chi connectivity index (χ3n) is 18.3. The molecule has 0 unspecified atom stereocenters. The number of unbranched alkanes of at least 4 members (excludes halogenated alkanes) is 1. The first-order chi connectivity index (χ1) is 49.2. The number of amides is 9. The number of aliphatic carboxylic acids is 1. The maximum atomic E-state index is 15.2. The Hall–Kier alpha value is -9.81. The van der Waals surface area contributed by atoms with Gasteiger partial charge in [-0.15, -0.1) is 0 Å². The van der Waals surface area contributed by atoms with Crippen molar-refractivity contribution in [2.75, 3.05) is 59.4 Å². The van der Waals surface area contributed by atoms with Gasteiger partial charge in [-0.25, -0.2) is 13.8 Å². The summed E-state index contributed by atoms with van der Waals surface area (Å²) in [6.07, 6.45) is 5.77. The van der Waals surface area contributed by atoms with Crippen LogP contribution in [0.2, 0.25) is 0 Å². The number of fused-ring (bicyclic) bond motifs is 5.